The number of carbonyl (C=O) groups is 1. The van der Waals surface area contributed by atoms with E-state index in [1.807, 2.05) is 24.3 Å². The first-order chi connectivity index (χ1) is 10.8. The molecular formula is C16H12N4O2+2. The zero-order valence-electron chi connectivity index (χ0n) is 11.4. The van der Waals surface area contributed by atoms with Crippen LogP contribution in [0.5, 0.6) is 5.88 Å². The minimum Gasteiger partial charge on any atom is -0.494 e. The molecule has 1 amide bonds. The molecule has 0 spiro atoms. The smallest absolute Gasteiger partial charge is 0.280 e. The summed E-state index contributed by atoms with van der Waals surface area (Å²) in [5.74, 6) is -0.396. The number of amides is 1. The van der Waals surface area contributed by atoms with Crippen LogP contribution in [0.3, 0.4) is 0 Å². The van der Waals surface area contributed by atoms with E-state index >= 15 is 0 Å². The molecule has 4 heterocycles. The molecule has 0 radical (unpaired) electrons. The standard InChI is InChI=1S/C16H10N4O2/c21-15-11-12(14(20-15)10-3-7-18-8-4-10)16(22)19-13(11)9-1-5-17-6-2-9/h1-8,19,22H/p+2. The molecule has 0 unspecified atom stereocenters. The minimum atomic E-state index is -0.350. The van der Waals surface area contributed by atoms with Crippen LogP contribution in [-0.2, 0) is 0 Å². The van der Waals surface area contributed by atoms with Crippen molar-refractivity contribution < 1.29 is 19.9 Å². The molecule has 6 heteroatoms. The molecule has 3 aromatic heterocycles. The first-order valence-electron chi connectivity index (χ1n) is 6.77. The number of H-pyrrole nitrogens is 3. The Labute approximate surface area is 125 Å². The van der Waals surface area contributed by atoms with Crippen molar-refractivity contribution in [2.45, 2.75) is 0 Å². The van der Waals surface area contributed by atoms with Crippen LogP contribution in [0.2, 0.25) is 0 Å². The number of pyridine rings is 2. The molecule has 4 rings (SSSR count). The highest BCUT2D eigenvalue weighted by Crippen LogP contribution is 2.37. The van der Waals surface area contributed by atoms with Gasteiger partial charge in [-0.2, -0.15) is 0 Å². The Morgan fingerprint density at radius 1 is 0.909 bits per heavy atom. The third-order valence-electron chi connectivity index (χ3n) is 3.64. The lowest BCUT2D eigenvalue weighted by molar-refractivity contribution is -0.378. The SMILES string of the molecule is O=C1N=C(c2cc[nH+]cc2)c2c(O)[nH]c(-c3cc[nH+]cc3)c21. The predicted molar refractivity (Wildman–Crippen MR) is 77.4 cm³/mol. The molecule has 4 N–H and O–H groups in total. The second-order valence-electron chi connectivity index (χ2n) is 4.94. The summed E-state index contributed by atoms with van der Waals surface area (Å²) in [4.78, 5) is 25.2. The Morgan fingerprint density at radius 2 is 1.50 bits per heavy atom. The molecule has 0 bridgehead atoms. The molecule has 22 heavy (non-hydrogen) atoms. The Bertz CT molecular complexity index is 899. The quantitative estimate of drug-likeness (QED) is 0.737. The first kappa shape index (κ1) is 12.5. The van der Waals surface area contributed by atoms with Gasteiger partial charge in [0.15, 0.2) is 30.7 Å². The van der Waals surface area contributed by atoms with Crippen LogP contribution >= 0.6 is 0 Å². The number of nitrogens with one attached hydrogen (secondary N) is 3. The van der Waals surface area contributed by atoms with E-state index in [1.54, 1.807) is 24.8 Å². The topological polar surface area (TPSA) is 93.7 Å². The van der Waals surface area contributed by atoms with Crippen molar-refractivity contribution in [1.82, 2.24) is 4.98 Å². The third kappa shape index (κ3) is 1.74. The molecule has 3 aromatic rings. The summed E-state index contributed by atoms with van der Waals surface area (Å²) in [6.07, 6.45) is 7.01. The molecule has 0 atom stereocenters. The molecular weight excluding hydrogens is 280 g/mol. The van der Waals surface area contributed by atoms with Crippen molar-refractivity contribution in [3.05, 3.63) is 65.7 Å². The van der Waals surface area contributed by atoms with Crippen LogP contribution in [0.4, 0.5) is 0 Å². The maximum Gasteiger partial charge on any atom is 0.280 e. The van der Waals surface area contributed by atoms with E-state index < -0.39 is 0 Å². The molecule has 0 saturated carbocycles. The molecule has 1 aliphatic rings. The summed E-state index contributed by atoms with van der Waals surface area (Å²) >= 11 is 0. The zero-order chi connectivity index (χ0) is 15.1. The number of aromatic hydroxyl groups is 1. The second-order valence-corrected chi connectivity index (χ2v) is 4.94. The number of nitrogens with zero attached hydrogens (tertiary/aromatic N) is 1. The van der Waals surface area contributed by atoms with Crippen LogP contribution in [0.25, 0.3) is 11.3 Å². The van der Waals surface area contributed by atoms with E-state index in [9.17, 15) is 9.90 Å². The highest BCUT2D eigenvalue weighted by molar-refractivity contribution is 6.30. The van der Waals surface area contributed by atoms with Gasteiger partial charge >= 0.3 is 0 Å². The largest absolute Gasteiger partial charge is 0.494 e. The predicted octanol–water partition coefficient (Wildman–Crippen LogP) is 1.01. The highest BCUT2D eigenvalue weighted by Gasteiger charge is 2.33. The third-order valence-corrected chi connectivity index (χ3v) is 3.64. The maximum absolute atomic E-state index is 12.3. The van der Waals surface area contributed by atoms with Gasteiger partial charge in [-0.25, -0.2) is 15.0 Å². The zero-order valence-corrected chi connectivity index (χ0v) is 11.4. The van der Waals surface area contributed by atoms with E-state index in [0.717, 1.165) is 11.1 Å². The number of carbonyl (C=O) groups excluding carboxylic acids is 1. The minimum absolute atomic E-state index is 0.0461. The monoisotopic (exact) mass is 292 g/mol. The number of rotatable bonds is 2. The number of aromatic amines is 3. The summed E-state index contributed by atoms with van der Waals surface area (Å²) in [6, 6.07) is 7.28. The number of aromatic nitrogens is 3. The number of aliphatic imine (C=N–C) groups is 1. The average Bonchev–Trinajstić information content (AvgIpc) is 3.09. The van der Waals surface area contributed by atoms with Gasteiger partial charge in [-0.3, -0.25) is 4.79 Å². The van der Waals surface area contributed by atoms with Gasteiger partial charge < -0.3 is 10.1 Å². The highest BCUT2D eigenvalue weighted by atomic mass is 16.3. The van der Waals surface area contributed by atoms with Crippen LogP contribution in [0.1, 0.15) is 21.5 Å². The summed E-state index contributed by atoms with van der Waals surface area (Å²) in [5.41, 5.74) is 3.50. The Balaban J connectivity index is 1.92. The van der Waals surface area contributed by atoms with Gasteiger partial charge in [0.05, 0.1) is 22.5 Å². The van der Waals surface area contributed by atoms with Gasteiger partial charge in [0.2, 0.25) is 0 Å². The van der Waals surface area contributed by atoms with E-state index in [1.165, 1.54) is 0 Å². The van der Waals surface area contributed by atoms with Crippen molar-refractivity contribution >= 4 is 11.6 Å². The van der Waals surface area contributed by atoms with E-state index in [-0.39, 0.29) is 11.8 Å². The fourth-order valence-electron chi connectivity index (χ4n) is 2.67. The molecule has 0 saturated heterocycles. The van der Waals surface area contributed by atoms with Crippen molar-refractivity contribution in [2.75, 3.05) is 0 Å². The lowest BCUT2D eigenvalue weighted by Gasteiger charge is -1.98. The lowest BCUT2D eigenvalue weighted by Crippen LogP contribution is -2.04. The molecule has 1 aliphatic heterocycles. The van der Waals surface area contributed by atoms with E-state index in [4.69, 9.17) is 0 Å². The van der Waals surface area contributed by atoms with Gasteiger partial charge in [-0.1, -0.05) is 0 Å². The van der Waals surface area contributed by atoms with Gasteiger partial charge in [0.25, 0.3) is 5.91 Å². The van der Waals surface area contributed by atoms with E-state index in [0.29, 0.717) is 22.5 Å². The normalized spacial score (nSPS) is 13.1. The molecule has 0 aliphatic carbocycles. The van der Waals surface area contributed by atoms with Gasteiger partial charge in [0, 0.05) is 35.4 Å². The molecule has 6 nitrogen and oxygen atoms in total. The summed E-state index contributed by atoms with van der Waals surface area (Å²) in [5, 5.41) is 10.3. The molecule has 0 aromatic carbocycles. The Morgan fingerprint density at radius 3 is 2.14 bits per heavy atom. The number of fused-ring (bicyclic) bond motifs is 1. The van der Waals surface area contributed by atoms with Crippen LogP contribution in [0, 0.1) is 0 Å². The number of hydrogen-bond acceptors (Lipinski definition) is 2. The van der Waals surface area contributed by atoms with Crippen LogP contribution in [0.15, 0.2) is 54.0 Å². The first-order valence-corrected chi connectivity index (χ1v) is 6.77. The maximum atomic E-state index is 12.3. The van der Waals surface area contributed by atoms with Crippen molar-refractivity contribution in [2.24, 2.45) is 4.99 Å². The summed E-state index contributed by atoms with van der Waals surface area (Å²) in [7, 11) is 0. The summed E-state index contributed by atoms with van der Waals surface area (Å²) in [6.45, 7) is 0. The van der Waals surface area contributed by atoms with Crippen LogP contribution < -0.4 is 9.97 Å². The van der Waals surface area contributed by atoms with Crippen molar-refractivity contribution in [3.63, 3.8) is 0 Å². The van der Waals surface area contributed by atoms with Crippen molar-refractivity contribution in [1.29, 1.82) is 0 Å². The van der Waals surface area contributed by atoms with Gasteiger partial charge in [-0.15, -0.1) is 0 Å². The van der Waals surface area contributed by atoms with Gasteiger partial charge in [-0.05, 0) is 0 Å². The van der Waals surface area contributed by atoms with Crippen molar-refractivity contribution in [3.8, 4) is 17.1 Å². The second kappa shape index (κ2) is 4.63. The van der Waals surface area contributed by atoms with Gasteiger partial charge in [0.1, 0.15) is 0 Å². The number of hydrogen-bond donors (Lipinski definition) is 2. The molecule has 0 fully saturated rings. The fourth-order valence-corrected chi connectivity index (χ4v) is 2.67. The van der Waals surface area contributed by atoms with Crippen LogP contribution in [-0.4, -0.2) is 21.7 Å². The average molecular weight is 292 g/mol. The molecule has 106 valence electrons. The Kier molecular flexibility index (Phi) is 2.62. The fraction of sp³-hybridized carbons (Fsp3) is 0. The Hall–Kier alpha value is -3.28. The van der Waals surface area contributed by atoms with E-state index in [2.05, 4.69) is 19.9 Å². The lowest BCUT2D eigenvalue weighted by atomic mass is 10.0. The summed E-state index contributed by atoms with van der Waals surface area (Å²) < 4.78 is 0.